The highest BCUT2D eigenvalue weighted by Gasteiger charge is 2.10. The Labute approximate surface area is 126 Å². The first-order valence-electron chi connectivity index (χ1n) is 6.95. The monoisotopic (exact) mass is 293 g/mol. The molecule has 0 aliphatic rings. The quantitative estimate of drug-likeness (QED) is 0.488. The number of nitrogens with zero attached hydrogens (tertiary/aromatic N) is 1. The van der Waals surface area contributed by atoms with E-state index in [4.69, 9.17) is 14.2 Å². The van der Waals surface area contributed by atoms with Gasteiger partial charge in [-0.3, -0.25) is 9.69 Å². The molecule has 0 unspecified atom stereocenters. The lowest BCUT2D eigenvalue weighted by Gasteiger charge is -2.19. The maximum atomic E-state index is 11.5. The molecular formula is C16H23NO4. The molecule has 0 aromatic heterocycles. The van der Waals surface area contributed by atoms with E-state index in [2.05, 4.69) is 6.58 Å². The number of hydrogen-bond donors (Lipinski definition) is 0. The zero-order valence-corrected chi connectivity index (χ0v) is 12.7. The van der Waals surface area contributed by atoms with E-state index >= 15 is 0 Å². The first-order valence-corrected chi connectivity index (χ1v) is 6.95. The minimum Gasteiger partial charge on any atom is -0.497 e. The van der Waals surface area contributed by atoms with Crippen LogP contribution in [-0.2, 0) is 9.53 Å². The van der Waals surface area contributed by atoms with Gasteiger partial charge < -0.3 is 14.2 Å². The van der Waals surface area contributed by atoms with Gasteiger partial charge in [0.05, 0.1) is 20.3 Å². The molecule has 0 fully saturated rings. The zero-order valence-electron chi connectivity index (χ0n) is 12.7. The molecule has 0 aliphatic carbocycles. The van der Waals surface area contributed by atoms with Gasteiger partial charge in [-0.25, -0.2) is 0 Å². The normalized spacial score (nSPS) is 10.2. The Morgan fingerprint density at radius 3 is 2.52 bits per heavy atom. The number of carbonyl (C=O) groups is 1. The second-order valence-electron chi connectivity index (χ2n) is 4.35. The van der Waals surface area contributed by atoms with Crippen molar-refractivity contribution in [2.45, 2.75) is 6.92 Å². The van der Waals surface area contributed by atoms with E-state index in [0.717, 1.165) is 11.5 Å². The number of esters is 1. The SMILES string of the molecule is C=CCN(CCOc1ccc(OC)cc1)CC(=O)OCC. The van der Waals surface area contributed by atoms with Crippen molar-refractivity contribution in [3.63, 3.8) is 0 Å². The molecular weight excluding hydrogens is 270 g/mol. The van der Waals surface area contributed by atoms with Crippen LogP contribution >= 0.6 is 0 Å². The smallest absolute Gasteiger partial charge is 0.320 e. The second-order valence-corrected chi connectivity index (χ2v) is 4.35. The third-order valence-electron chi connectivity index (χ3n) is 2.78. The van der Waals surface area contributed by atoms with Gasteiger partial charge in [-0.15, -0.1) is 6.58 Å². The predicted molar refractivity (Wildman–Crippen MR) is 81.8 cm³/mol. The highest BCUT2D eigenvalue weighted by Crippen LogP contribution is 2.16. The largest absolute Gasteiger partial charge is 0.497 e. The number of hydrogen-bond acceptors (Lipinski definition) is 5. The van der Waals surface area contributed by atoms with Crippen LogP contribution in [0.3, 0.4) is 0 Å². The minimum absolute atomic E-state index is 0.233. The van der Waals surface area contributed by atoms with Crippen molar-refractivity contribution in [1.82, 2.24) is 4.90 Å². The summed E-state index contributed by atoms with van der Waals surface area (Å²) >= 11 is 0. The Morgan fingerprint density at radius 1 is 1.29 bits per heavy atom. The standard InChI is InChI=1S/C16H23NO4/c1-4-10-17(13-16(18)20-5-2)11-12-21-15-8-6-14(19-3)7-9-15/h4,6-9H,1,5,10-13H2,2-3H3. The Bertz CT molecular complexity index is 430. The van der Waals surface area contributed by atoms with Crippen LogP contribution in [-0.4, -0.2) is 50.8 Å². The van der Waals surface area contributed by atoms with E-state index in [1.165, 1.54) is 0 Å². The fourth-order valence-corrected chi connectivity index (χ4v) is 1.77. The van der Waals surface area contributed by atoms with Crippen LogP contribution < -0.4 is 9.47 Å². The average molecular weight is 293 g/mol. The minimum atomic E-state index is -0.233. The molecule has 0 heterocycles. The fraction of sp³-hybridized carbons (Fsp3) is 0.438. The number of carbonyl (C=O) groups excluding carboxylic acids is 1. The van der Waals surface area contributed by atoms with Crippen molar-refractivity contribution >= 4 is 5.97 Å². The van der Waals surface area contributed by atoms with Gasteiger partial charge >= 0.3 is 5.97 Å². The number of methoxy groups -OCH3 is 1. The van der Waals surface area contributed by atoms with Crippen LogP contribution in [0.1, 0.15) is 6.92 Å². The van der Waals surface area contributed by atoms with Crippen LogP contribution in [0.4, 0.5) is 0 Å². The van der Waals surface area contributed by atoms with Gasteiger partial charge in [0.1, 0.15) is 18.1 Å². The van der Waals surface area contributed by atoms with Gasteiger partial charge in [-0.1, -0.05) is 6.08 Å². The maximum absolute atomic E-state index is 11.5. The summed E-state index contributed by atoms with van der Waals surface area (Å²) in [5, 5.41) is 0. The molecule has 5 heteroatoms. The van der Waals surface area contributed by atoms with Gasteiger partial charge in [0.15, 0.2) is 0 Å². The lowest BCUT2D eigenvalue weighted by atomic mass is 10.3. The lowest BCUT2D eigenvalue weighted by molar-refractivity contribution is -0.144. The van der Waals surface area contributed by atoms with Crippen molar-refractivity contribution in [3.8, 4) is 11.5 Å². The molecule has 0 saturated heterocycles. The molecule has 5 nitrogen and oxygen atoms in total. The highest BCUT2D eigenvalue weighted by atomic mass is 16.5. The van der Waals surface area contributed by atoms with Crippen LogP contribution in [0.25, 0.3) is 0 Å². The van der Waals surface area contributed by atoms with E-state index < -0.39 is 0 Å². The fourth-order valence-electron chi connectivity index (χ4n) is 1.77. The van der Waals surface area contributed by atoms with E-state index in [1.54, 1.807) is 20.1 Å². The Hall–Kier alpha value is -2.01. The van der Waals surface area contributed by atoms with Crippen molar-refractivity contribution in [1.29, 1.82) is 0 Å². The summed E-state index contributed by atoms with van der Waals surface area (Å²) < 4.78 is 15.7. The van der Waals surface area contributed by atoms with Crippen molar-refractivity contribution in [2.24, 2.45) is 0 Å². The molecule has 116 valence electrons. The van der Waals surface area contributed by atoms with E-state index in [9.17, 15) is 4.79 Å². The summed E-state index contributed by atoms with van der Waals surface area (Å²) in [6.07, 6.45) is 1.76. The molecule has 21 heavy (non-hydrogen) atoms. The third-order valence-corrected chi connectivity index (χ3v) is 2.78. The van der Waals surface area contributed by atoms with Gasteiger partial charge in [-0.2, -0.15) is 0 Å². The summed E-state index contributed by atoms with van der Waals surface area (Å²) in [4.78, 5) is 13.4. The van der Waals surface area contributed by atoms with Crippen LogP contribution in [0, 0.1) is 0 Å². The molecule has 0 amide bonds. The topological polar surface area (TPSA) is 48.0 Å². The zero-order chi connectivity index (χ0) is 15.5. The summed E-state index contributed by atoms with van der Waals surface area (Å²) in [6.45, 7) is 7.84. The molecule has 0 N–H and O–H groups in total. The molecule has 0 bridgehead atoms. The predicted octanol–water partition coefficient (Wildman–Crippen LogP) is 2.13. The van der Waals surface area contributed by atoms with Gasteiger partial charge in [0.2, 0.25) is 0 Å². The lowest BCUT2D eigenvalue weighted by Crippen LogP contribution is -2.34. The molecule has 1 rings (SSSR count). The summed E-state index contributed by atoms with van der Waals surface area (Å²) in [5.41, 5.74) is 0. The first-order chi connectivity index (χ1) is 10.2. The summed E-state index contributed by atoms with van der Waals surface area (Å²) in [7, 11) is 1.62. The summed E-state index contributed by atoms with van der Waals surface area (Å²) in [6, 6.07) is 7.38. The molecule has 0 atom stereocenters. The third kappa shape index (κ3) is 6.81. The Balaban J connectivity index is 2.37. The van der Waals surface area contributed by atoms with Gasteiger partial charge in [0.25, 0.3) is 0 Å². The van der Waals surface area contributed by atoms with Gasteiger partial charge in [-0.05, 0) is 31.2 Å². The average Bonchev–Trinajstić information content (AvgIpc) is 2.48. The van der Waals surface area contributed by atoms with Crippen LogP contribution in [0.5, 0.6) is 11.5 Å². The number of benzene rings is 1. The molecule has 0 aliphatic heterocycles. The van der Waals surface area contributed by atoms with E-state index in [-0.39, 0.29) is 12.5 Å². The number of rotatable bonds is 10. The van der Waals surface area contributed by atoms with Crippen LogP contribution in [0.15, 0.2) is 36.9 Å². The molecule has 0 spiro atoms. The number of ether oxygens (including phenoxy) is 3. The van der Waals surface area contributed by atoms with Crippen molar-refractivity contribution < 1.29 is 19.0 Å². The first kappa shape index (κ1) is 17.0. The molecule has 1 aromatic carbocycles. The van der Waals surface area contributed by atoms with Gasteiger partial charge in [0, 0.05) is 13.1 Å². The second kappa shape index (κ2) is 9.83. The van der Waals surface area contributed by atoms with Crippen LogP contribution in [0.2, 0.25) is 0 Å². The molecule has 0 saturated carbocycles. The van der Waals surface area contributed by atoms with Crippen molar-refractivity contribution in [3.05, 3.63) is 36.9 Å². The molecule has 0 radical (unpaired) electrons. The van der Waals surface area contributed by atoms with E-state index in [1.807, 2.05) is 29.2 Å². The Morgan fingerprint density at radius 2 is 1.95 bits per heavy atom. The maximum Gasteiger partial charge on any atom is 0.320 e. The molecule has 1 aromatic rings. The van der Waals surface area contributed by atoms with E-state index in [0.29, 0.717) is 26.3 Å². The highest BCUT2D eigenvalue weighted by molar-refractivity contribution is 5.71. The Kier molecular flexibility index (Phi) is 7.97. The summed E-state index contributed by atoms with van der Waals surface area (Å²) in [5.74, 6) is 1.33. The van der Waals surface area contributed by atoms with Crippen molar-refractivity contribution in [2.75, 3.05) is 40.0 Å².